The lowest BCUT2D eigenvalue weighted by molar-refractivity contribution is -0.689. The average Bonchev–Trinajstić information content (AvgIpc) is 3.52. The number of hydrogen-bond donors (Lipinski definition) is 1. The Kier molecular flexibility index (Phi) is 7.52. The van der Waals surface area contributed by atoms with E-state index in [2.05, 4.69) is 17.1 Å². The van der Waals surface area contributed by atoms with Crippen LogP contribution in [0.25, 0.3) is 10.4 Å². The van der Waals surface area contributed by atoms with Crippen LogP contribution in [0, 0.1) is 19.8 Å². The monoisotopic (exact) mass is 496 g/mol. The molecule has 35 heavy (non-hydrogen) atoms. The number of ketones is 1. The number of benzene rings is 1. The number of aliphatic hydroxyl groups excluding tert-OH is 1. The number of likely N-dealkylation sites (tertiary alicyclic amines) is 1. The molecule has 2 aromatic heterocycles. The van der Waals surface area contributed by atoms with Crippen LogP contribution in [-0.2, 0) is 23.1 Å². The van der Waals surface area contributed by atoms with Crippen LogP contribution < -0.4 is 4.57 Å². The highest BCUT2D eigenvalue weighted by Crippen LogP contribution is 2.31. The van der Waals surface area contributed by atoms with Crippen molar-refractivity contribution in [3.63, 3.8) is 0 Å². The van der Waals surface area contributed by atoms with Crippen LogP contribution >= 0.6 is 11.3 Å². The van der Waals surface area contributed by atoms with E-state index < -0.39 is 18.1 Å². The first-order valence-corrected chi connectivity index (χ1v) is 13.0. The van der Waals surface area contributed by atoms with Crippen LogP contribution in [-0.4, -0.2) is 45.4 Å². The number of hydrogen-bond acceptors (Lipinski definition) is 6. The summed E-state index contributed by atoms with van der Waals surface area (Å²) >= 11 is 1.62. The van der Waals surface area contributed by atoms with E-state index in [0.29, 0.717) is 18.7 Å². The summed E-state index contributed by atoms with van der Waals surface area (Å²) in [7, 11) is 1.87. The first kappa shape index (κ1) is 25.3. The number of thiazole rings is 1. The van der Waals surface area contributed by atoms with Crippen LogP contribution in [0.3, 0.4) is 0 Å². The zero-order valence-electron chi connectivity index (χ0n) is 21.0. The van der Waals surface area contributed by atoms with Crippen molar-refractivity contribution >= 4 is 23.0 Å². The number of Topliss-reactive ketones (excluding diaryl/α,β-unsaturated/α-hetero) is 1. The highest BCUT2D eigenvalue weighted by atomic mass is 32.1. The van der Waals surface area contributed by atoms with Crippen molar-refractivity contribution in [3.8, 4) is 10.4 Å². The van der Waals surface area contributed by atoms with Crippen molar-refractivity contribution in [1.82, 2.24) is 9.88 Å². The van der Waals surface area contributed by atoms with Crippen molar-refractivity contribution in [2.75, 3.05) is 6.54 Å². The lowest BCUT2D eigenvalue weighted by Gasteiger charge is -2.27. The number of oxazole rings is 1. The molecule has 186 valence electrons. The number of nitrogens with zero attached hydrogens (tertiary/aromatic N) is 3. The van der Waals surface area contributed by atoms with Gasteiger partial charge in [-0.3, -0.25) is 9.59 Å². The molecule has 3 aromatic rings. The van der Waals surface area contributed by atoms with Crippen LogP contribution in [0.4, 0.5) is 0 Å². The van der Waals surface area contributed by atoms with Gasteiger partial charge in [-0.05, 0) is 30.4 Å². The van der Waals surface area contributed by atoms with Gasteiger partial charge in [-0.1, -0.05) is 38.1 Å². The molecule has 1 aliphatic rings. The van der Waals surface area contributed by atoms with Gasteiger partial charge in [-0.2, -0.15) is 4.57 Å². The van der Waals surface area contributed by atoms with Crippen LogP contribution in [0.1, 0.15) is 55.4 Å². The second-order valence-electron chi connectivity index (χ2n) is 9.82. The molecule has 0 saturated carbocycles. The molecule has 4 rings (SSSR count). The summed E-state index contributed by atoms with van der Waals surface area (Å²) < 4.78 is 7.61. The molecule has 8 heteroatoms. The van der Waals surface area contributed by atoms with Gasteiger partial charge < -0.3 is 14.4 Å². The Hall–Kier alpha value is -2.84. The Morgan fingerprint density at radius 2 is 1.97 bits per heavy atom. The van der Waals surface area contributed by atoms with E-state index >= 15 is 0 Å². The Balaban J connectivity index is 1.45. The van der Waals surface area contributed by atoms with E-state index in [1.54, 1.807) is 22.5 Å². The third-order valence-electron chi connectivity index (χ3n) is 6.96. The Morgan fingerprint density at radius 3 is 2.54 bits per heavy atom. The van der Waals surface area contributed by atoms with Crippen molar-refractivity contribution < 1.29 is 23.7 Å². The molecule has 0 radical (unpaired) electrons. The summed E-state index contributed by atoms with van der Waals surface area (Å²) in [5.74, 6) is -0.138. The molecule has 1 amide bonds. The van der Waals surface area contributed by atoms with Gasteiger partial charge in [0, 0.05) is 26.3 Å². The normalized spacial score (nSPS) is 18.9. The van der Waals surface area contributed by atoms with E-state index in [9.17, 15) is 14.7 Å². The molecule has 1 N–H and O–H groups in total. The second-order valence-corrected chi connectivity index (χ2v) is 10.7. The molecule has 0 spiro atoms. The van der Waals surface area contributed by atoms with Gasteiger partial charge in [-0.25, -0.2) is 4.98 Å². The number of amides is 1. The summed E-state index contributed by atoms with van der Waals surface area (Å²) in [6.45, 7) is 8.04. The quantitative estimate of drug-likeness (QED) is 0.480. The summed E-state index contributed by atoms with van der Waals surface area (Å²) in [4.78, 5) is 33.9. The molecule has 0 aliphatic carbocycles. The molecule has 3 atom stereocenters. The van der Waals surface area contributed by atoms with Gasteiger partial charge in [-0.15, -0.1) is 11.3 Å². The molecule has 1 saturated heterocycles. The third kappa shape index (κ3) is 5.23. The largest absolute Gasteiger partial charge is 0.409 e. The number of aryl methyl sites for hydroxylation is 3. The van der Waals surface area contributed by atoms with Crippen LogP contribution in [0.2, 0.25) is 0 Å². The third-order valence-corrected chi connectivity index (χ3v) is 7.94. The molecule has 0 unspecified atom stereocenters. The van der Waals surface area contributed by atoms with E-state index in [1.807, 2.05) is 57.0 Å². The van der Waals surface area contributed by atoms with E-state index in [0.717, 1.165) is 27.4 Å². The fraction of sp³-hybridized carbons (Fsp3) is 0.481. The Bertz CT molecular complexity index is 1200. The van der Waals surface area contributed by atoms with E-state index in [-0.39, 0.29) is 30.6 Å². The fourth-order valence-corrected chi connectivity index (χ4v) is 5.62. The first-order valence-electron chi connectivity index (χ1n) is 12.1. The Morgan fingerprint density at radius 1 is 1.26 bits per heavy atom. The van der Waals surface area contributed by atoms with Crippen LogP contribution in [0.5, 0.6) is 0 Å². The minimum absolute atomic E-state index is 0.0141. The smallest absolute Gasteiger partial charge is 0.360 e. The predicted molar refractivity (Wildman–Crippen MR) is 134 cm³/mol. The number of rotatable bonds is 8. The molecule has 1 fully saturated rings. The average molecular weight is 497 g/mol. The lowest BCUT2D eigenvalue weighted by Crippen LogP contribution is -2.47. The molecule has 3 heterocycles. The molecule has 0 bridgehead atoms. The molecular weight excluding hydrogens is 462 g/mol. The molecular formula is C27H34N3O4S+. The summed E-state index contributed by atoms with van der Waals surface area (Å²) in [6, 6.07) is 7.60. The summed E-state index contributed by atoms with van der Waals surface area (Å²) in [5.41, 5.74) is 5.97. The van der Waals surface area contributed by atoms with Gasteiger partial charge in [0.05, 0.1) is 28.2 Å². The maximum atomic E-state index is 13.6. The van der Waals surface area contributed by atoms with Gasteiger partial charge in [0.2, 0.25) is 11.6 Å². The number of aliphatic hydroxyl groups is 1. The van der Waals surface area contributed by atoms with Crippen molar-refractivity contribution in [1.29, 1.82) is 0 Å². The van der Waals surface area contributed by atoms with E-state index in [4.69, 9.17) is 4.42 Å². The highest BCUT2D eigenvalue weighted by molar-refractivity contribution is 7.13. The standard InChI is InChI=1S/C27H34N3O4S/c1-16(2)24(27-29(5)17(3)14-34-27)26(33)30-13-21(31)12-22(30)23(32)11-8-19-6-9-20(10-7-19)25-18(4)28-15-35-25/h6-7,9-10,14-16,21-22,24,31H,8,11-13H2,1-5H3/q+1/t21-,22+,24+/m1/s1. The first-order chi connectivity index (χ1) is 16.7. The van der Waals surface area contributed by atoms with E-state index in [1.165, 1.54) is 0 Å². The minimum Gasteiger partial charge on any atom is -0.409 e. The molecule has 1 aromatic carbocycles. The zero-order valence-corrected chi connectivity index (χ0v) is 21.8. The summed E-state index contributed by atoms with van der Waals surface area (Å²) in [6.07, 6.45) is 2.13. The Labute approximate surface area is 210 Å². The number of carbonyl (C=O) groups is 2. The maximum Gasteiger partial charge on any atom is 0.360 e. The topological polar surface area (TPSA) is 87.5 Å². The van der Waals surface area contributed by atoms with Crippen molar-refractivity contribution in [3.05, 3.63) is 58.9 Å². The second kappa shape index (κ2) is 10.4. The SMILES string of the molecule is Cc1ncsc1-c1ccc(CCC(=O)[C@@H]2C[C@@H](O)CN2C(=O)[C@@H](c2occ(C)[n+]2C)C(C)C)cc1. The number of aromatic nitrogens is 2. The van der Waals surface area contributed by atoms with Gasteiger partial charge >= 0.3 is 5.89 Å². The number of β-amino-alcohol motifs (C(OH)–C–C–N with tert-alkyl or cyclic N) is 1. The van der Waals surface area contributed by atoms with Crippen molar-refractivity contribution in [2.45, 2.75) is 65.0 Å². The van der Waals surface area contributed by atoms with Crippen LogP contribution in [0.15, 0.2) is 40.5 Å². The lowest BCUT2D eigenvalue weighted by atomic mass is 9.93. The maximum absolute atomic E-state index is 13.6. The number of carbonyl (C=O) groups excluding carboxylic acids is 2. The van der Waals surface area contributed by atoms with Gasteiger partial charge in [0.15, 0.2) is 18.0 Å². The summed E-state index contributed by atoms with van der Waals surface area (Å²) in [5, 5.41) is 10.4. The minimum atomic E-state index is -0.699. The fourth-order valence-electron chi connectivity index (χ4n) is 4.81. The zero-order chi connectivity index (χ0) is 25.3. The van der Waals surface area contributed by atoms with Crippen molar-refractivity contribution in [2.24, 2.45) is 13.0 Å². The molecule has 1 aliphatic heterocycles. The predicted octanol–water partition coefficient (Wildman–Crippen LogP) is 3.75. The highest BCUT2D eigenvalue weighted by Gasteiger charge is 2.45. The van der Waals surface area contributed by atoms with Gasteiger partial charge in [0.25, 0.3) is 0 Å². The molecule has 7 nitrogen and oxygen atoms in total. The van der Waals surface area contributed by atoms with Gasteiger partial charge in [0.1, 0.15) is 7.05 Å².